The van der Waals surface area contributed by atoms with Crippen LogP contribution in [0.4, 0.5) is 0 Å². The van der Waals surface area contributed by atoms with Crippen molar-refractivity contribution in [1.29, 1.82) is 0 Å². The number of para-hydroxylation sites is 1. The van der Waals surface area contributed by atoms with Gasteiger partial charge in [0.15, 0.2) is 0 Å². The fourth-order valence-electron chi connectivity index (χ4n) is 4.92. The molecule has 3 unspecified atom stereocenters. The standard InChI is InChI=1S/C21H22N2O2/c1-22-19-5-3-2-4-17(19)18-10-14(6-7-20(18)22)21(25)23-12-13-8-15(23)11-16(24)9-13/h2-7,10,13,15-16,24H,8-9,11-12H2,1H3. The molecule has 3 atom stereocenters. The zero-order chi connectivity index (χ0) is 17.1. The minimum atomic E-state index is -0.248. The van der Waals surface area contributed by atoms with Crippen molar-refractivity contribution in [2.24, 2.45) is 13.0 Å². The van der Waals surface area contributed by atoms with Crippen molar-refractivity contribution in [3.05, 3.63) is 48.0 Å². The van der Waals surface area contributed by atoms with Crippen LogP contribution in [0.15, 0.2) is 42.5 Å². The first-order valence-corrected chi connectivity index (χ1v) is 9.08. The Labute approximate surface area is 146 Å². The van der Waals surface area contributed by atoms with Gasteiger partial charge in [-0.25, -0.2) is 0 Å². The zero-order valence-corrected chi connectivity index (χ0v) is 14.4. The third-order valence-corrected chi connectivity index (χ3v) is 6.07. The molecule has 128 valence electrons. The van der Waals surface area contributed by atoms with Crippen molar-refractivity contribution in [3.8, 4) is 0 Å². The van der Waals surface area contributed by atoms with E-state index in [2.05, 4.69) is 29.8 Å². The summed E-state index contributed by atoms with van der Waals surface area (Å²) in [6.07, 6.45) is 2.35. The Morgan fingerprint density at radius 1 is 1.04 bits per heavy atom. The highest BCUT2D eigenvalue weighted by atomic mass is 16.3. The second kappa shape index (κ2) is 5.33. The van der Waals surface area contributed by atoms with Crippen LogP contribution in [0.1, 0.15) is 29.6 Å². The molecule has 2 heterocycles. The van der Waals surface area contributed by atoms with Gasteiger partial charge in [0.2, 0.25) is 0 Å². The van der Waals surface area contributed by atoms with Gasteiger partial charge in [0.25, 0.3) is 5.91 Å². The maximum absolute atomic E-state index is 13.1. The molecule has 1 aliphatic carbocycles. The van der Waals surface area contributed by atoms with Crippen LogP contribution in [-0.2, 0) is 7.05 Å². The fraction of sp³-hybridized carbons (Fsp3) is 0.381. The molecular formula is C21H22N2O2. The average molecular weight is 334 g/mol. The molecule has 25 heavy (non-hydrogen) atoms. The molecule has 3 aromatic rings. The molecule has 2 bridgehead atoms. The Balaban J connectivity index is 1.57. The number of likely N-dealkylation sites (tertiary alicyclic amines) is 1. The lowest BCUT2D eigenvalue weighted by Gasteiger charge is -2.27. The number of fused-ring (bicyclic) bond motifs is 5. The normalized spacial score (nSPS) is 25.8. The fourth-order valence-corrected chi connectivity index (χ4v) is 4.92. The van der Waals surface area contributed by atoms with E-state index in [-0.39, 0.29) is 18.1 Å². The predicted molar refractivity (Wildman–Crippen MR) is 98.6 cm³/mol. The number of carbonyl (C=O) groups excluding carboxylic acids is 1. The topological polar surface area (TPSA) is 45.5 Å². The van der Waals surface area contributed by atoms with Gasteiger partial charge in [-0.15, -0.1) is 0 Å². The summed E-state index contributed by atoms with van der Waals surface area (Å²) in [7, 11) is 2.07. The zero-order valence-electron chi connectivity index (χ0n) is 14.4. The molecule has 2 fully saturated rings. The molecule has 1 saturated carbocycles. The quantitative estimate of drug-likeness (QED) is 0.742. The summed E-state index contributed by atoms with van der Waals surface area (Å²) in [5.74, 6) is 0.565. The van der Waals surface area contributed by atoms with E-state index in [0.29, 0.717) is 5.92 Å². The van der Waals surface area contributed by atoms with E-state index in [9.17, 15) is 9.90 Å². The van der Waals surface area contributed by atoms with Crippen molar-refractivity contribution in [2.45, 2.75) is 31.4 Å². The lowest BCUT2D eigenvalue weighted by molar-refractivity contribution is 0.0672. The molecule has 0 radical (unpaired) electrons. The summed E-state index contributed by atoms with van der Waals surface area (Å²) in [6, 6.07) is 14.6. The Morgan fingerprint density at radius 3 is 2.72 bits per heavy atom. The van der Waals surface area contributed by atoms with Gasteiger partial charge in [0, 0.05) is 47.0 Å². The lowest BCUT2D eigenvalue weighted by Crippen LogP contribution is -2.36. The third-order valence-electron chi connectivity index (χ3n) is 6.07. The molecule has 1 amide bonds. The molecule has 2 aromatic carbocycles. The Morgan fingerprint density at radius 2 is 1.84 bits per heavy atom. The van der Waals surface area contributed by atoms with Crippen molar-refractivity contribution in [2.75, 3.05) is 6.54 Å². The Bertz CT molecular complexity index is 990. The number of aromatic nitrogens is 1. The van der Waals surface area contributed by atoms with E-state index < -0.39 is 0 Å². The maximum Gasteiger partial charge on any atom is 0.254 e. The second-order valence-corrected chi connectivity index (χ2v) is 7.65. The van der Waals surface area contributed by atoms with E-state index in [0.717, 1.165) is 42.3 Å². The number of carbonyl (C=O) groups is 1. The van der Waals surface area contributed by atoms with Gasteiger partial charge in [-0.1, -0.05) is 18.2 Å². The highest BCUT2D eigenvalue weighted by molar-refractivity contribution is 6.10. The first-order chi connectivity index (χ1) is 12.1. The Hall–Kier alpha value is -2.33. The smallest absolute Gasteiger partial charge is 0.254 e. The number of aliphatic hydroxyl groups excluding tert-OH is 1. The summed E-state index contributed by atoms with van der Waals surface area (Å²) in [4.78, 5) is 15.1. The van der Waals surface area contributed by atoms with Gasteiger partial charge in [0.1, 0.15) is 0 Å². The Kier molecular flexibility index (Phi) is 3.19. The first kappa shape index (κ1) is 15.0. The summed E-state index contributed by atoms with van der Waals surface area (Å²) in [5.41, 5.74) is 3.08. The van der Waals surface area contributed by atoms with E-state index in [4.69, 9.17) is 0 Å². The highest BCUT2D eigenvalue weighted by Gasteiger charge is 2.41. The number of amides is 1. The van der Waals surface area contributed by atoms with Crippen LogP contribution >= 0.6 is 0 Å². The van der Waals surface area contributed by atoms with E-state index >= 15 is 0 Å². The number of rotatable bonds is 1. The number of aliphatic hydroxyl groups is 1. The molecule has 4 nitrogen and oxygen atoms in total. The summed E-state index contributed by atoms with van der Waals surface area (Å²) >= 11 is 0. The SMILES string of the molecule is Cn1c2ccccc2c2cc(C(=O)N3CC4CC(O)CC3C4)ccc21. The van der Waals surface area contributed by atoms with Crippen LogP contribution in [0.5, 0.6) is 0 Å². The van der Waals surface area contributed by atoms with Crippen molar-refractivity contribution in [3.63, 3.8) is 0 Å². The molecule has 4 heteroatoms. The number of hydrogen-bond acceptors (Lipinski definition) is 2. The monoisotopic (exact) mass is 334 g/mol. The van der Waals surface area contributed by atoms with Crippen LogP contribution in [0.2, 0.25) is 0 Å². The average Bonchev–Trinajstić information content (AvgIpc) is 3.09. The molecule has 1 aromatic heterocycles. The second-order valence-electron chi connectivity index (χ2n) is 7.65. The molecule has 0 spiro atoms. The van der Waals surface area contributed by atoms with Crippen molar-refractivity contribution in [1.82, 2.24) is 9.47 Å². The number of hydrogen-bond donors (Lipinski definition) is 1. The molecule has 1 aliphatic heterocycles. The summed E-state index contributed by atoms with van der Waals surface area (Å²) in [6.45, 7) is 0.786. The molecule has 5 rings (SSSR count). The number of nitrogens with zero attached hydrogens (tertiary/aromatic N) is 2. The van der Waals surface area contributed by atoms with Gasteiger partial charge in [-0.05, 0) is 49.4 Å². The maximum atomic E-state index is 13.1. The highest BCUT2D eigenvalue weighted by Crippen LogP contribution is 2.37. The number of aryl methyl sites for hydroxylation is 1. The minimum Gasteiger partial charge on any atom is -0.393 e. The predicted octanol–water partition coefficient (Wildman–Crippen LogP) is 3.32. The number of benzene rings is 2. The van der Waals surface area contributed by atoms with Gasteiger partial charge in [-0.2, -0.15) is 0 Å². The van der Waals surface area contributed by atoms with Gasteiger partial charge in [0.05, 0.1) is 6.10 Å². The molecular weight excluding hydrogens is 312 g/mol. The van der Waals surface area contributed by atoms with Crippen LogP contribution in [-0.4, -0.2) is 39.2 Å². The molecule has 2 aliphatic rings. The third kappa shape index (κ3) is 2.20. The molecule has 1 saturated heterocycles. The van der Waals surface area contributed by atoms with E-state index in [1.54, 1.807) is 0 Å². The van der Waals surface area contributed by atoms with Crippen LogP contribution in [0, 0.1) is 5.92 Å². The van der Waals surface area contributed by atoms with Crippen LogP contribution < -0.4 is 0 Å². The van der Waals surface area contributed by atoms with Gasteiger partial charge < -0.3 is 14.6 Å². The minimum absolute atomic E-state index is 0.108. The summed E-state index contributed by atoms with van der Waals surface area (Å²) in [5, 5.41) is 12.3. The summed E-state index contributed by atoms with van der Waals surface area (Å²) < 4.78 is 2.18. The van der Waals surface area contributed by atoms with Crippen LogP contribution in [0.25, 0.3) is 21.8 Å². The lowest BCUT2D eigenvalue weighted by atomic mass is 9.88. The van der Waals surface area contributed by atoms with Gasteiger partial charge in [-0.3, -0.25) is 4.79 Å². The molecule has 1 N–H and O–H groups in total. The largest absolute Gasteiger partial charge is 0.393 e. The van der Waals surface area contributed by atoms with Crippen molar-refractivity contribution >= 4 is 27.7 Å². The van der Waals surface area contributed by atoms with E-state index in [1.165, 1.54) is 10.9 Å². The van der Waals surface area contributed by atoms with E-state index in [1.807, 2.05) is 29.2 Å². The first-order valence-electron chi connectivity index (χ1n) is 9.08. The van der Waals surface area contributed by atoms with Gasteiger partial charge >= 0.3 is 0 Å². The van der Waals surface area contributed by atoms with Crippen molar-refractivity contribution < 1.29 is 9.90 Å². The van der Waals surface area contributed by atoms with Crippen LogP contribution in [0.3, 0.4) is 0 Å².